The normalized spacial score (nSPS) is 12.4. The number of pyridine rings is 1. The highest BCUT2D eigenvalue weighted by Gasteiger charge is 2.35. The average Bonchev–Trinajstić information content (AvgIpc) is 2.52. The van der Waals surface area contributed by atoms with Crippen molar-refractivity contribution in [2.75, 3.05) is 5.32 Å². The molecule has 0 saturated carbocycles. The highest BCUT2D eigenvalue weighted by atomic mass is 19.4. The van der Waals surface area contributed by atoms with Crippen molar-refractivity contribution in [2.24, 2.45) is 0 Å². The van der Waals surface area contributed by atoms with Gasteiger partial charge in [-0.15, -0.1) is 0 Å². The first-order chi connectivity index (χ1) is 12.0. The molecule has 1 heterocycles. The van der Waals surface area contributed by atoms with Crippen LogP contribution in [0.4, 0.5) is 42.1 Å². The highest BCUT2D eigenvalue weighted by molar-refractivity contribution is 5.93. The topological polar surface area (TPSA) is 24.9 Å². The molecule has 2 nitrogen and oxygen atoms in total. The zero-order chi connectivity index (χ0) is 19.1. The minimum Gasteiger partial charge on any atom is -0.355 e. The van der Waals surface area contributed by atoms with E-state index in [-0.39, 0.29) is 16.8 Å². The summed E-state index contributed by atoms with van der Waals surface area (Å²) in [6.45, 7) is 0. The fourth-order valence-electron chi connectivity index (χ4n) is 2.38. The monoisotopic (exact) mass is 374 g/mol. The maximum Gasteiger partial charge on any atom is 0.433 e. The summed E-state index contributed by atoms with van der Waals surface area (Å²) in [7, 11) is 0. The van der Waals surface area contributed by atoms with Crippen molar-refractivity contribution >= 4 is 22.3 Å². The Morgan fingerprint density at radius 2 is 1.54 bits per heavy atom. The molecule has 0 fully saturated rings. The van der Waals surface area contributed by atoms with Crippen LogP contribution in [-0.2, 0) is 12.4 Å². The van der Waals surface area contributed by atoms with Crippen molar-refractivity contribution in [3.63, 3.8) is 0 Å². The SMILES string of the molecule is Fc1cccc(Nc2cc(C(F)(F)F)nc3cc(C(F)(F)F)ccc23)c1. The minimum atomic E-state index is -4.86. The van der Waals surface area contributed by atoms with Crippen LogP contribution >= 0.6 is 0 Å². The van der Waals surface area contributed by atoms with Crippen molar-refractivity contribution in [1.29, 1.82) is 0 Å². The Labute approximate surface area is 142 Å². The van der Waals surface area contributed by atoms with Crippen molar-refractivity contribution in [3.8, 4) is 0 Å². The number of hydrogen-bond acceptors (Lipinski definition) is 2. The second-order valence-corrected chi connectivity index (χ2v) is 5.42. The number of nitrogens with one attached hydrogen (secondary N) is 1. The van der Waals surface area contributed by atoms with E-state index in [1.54, 1.807) is 0 Å². The molecule has 0 aliphatic carbocycles. The molecule has 0 atom stereocenters. The molecule has 0 saturated heterocycles. The molecule has 0 unspecified atom stereocenters. The van der Waals surface area contributed by atoms with Crippen LogP contribution in [0.1, 0.15) is 11.3 Å². The van der Waals surface area contributed by atoms with Crippen molar-refractivity contribution in [3.05, 3.63) is 65.6 Å². The number of rotatable bonds is 2. The van der Waals surface area contributed by atoms with Gasteiger partial charge < -0.3 is 5.32 Å². The van der Waals surface area contributed by atoms with Gasteiger partial charge in [-0.2, -0.15) is 26.3 Å². The zero-order valence-corrected chi connectivity index (χ0v) is 12.7. The standard InChI is InChI=1S/C17H9F7N2/c18-10-2-1-3-11(7-10)25-14-8-15(17(22,23)24)26-13-6-9(16(19,20)21)4-5-12(13)14/h1-8H,(H,25,26). The molecule has 0 bridgehead atoms. The molecule has 9 heteroatoms. The molecule has 136 valence electrons. The third-order valence-corrected chi connectivity index (χ3v) is 3.53. The molecule has 0 aliphatic heterocycles. The molecular formula is C17H9F7N2. The Balaban J connectivity index is 2.19. The third-order valence-electron chi connectivity index (χ3n) is 3.53. The van der Waals surface area contributed by atoms with E-state index in [1.165, 1.54) is 12.1 Å². The molecule has 3 aromatic rings. The molecule has 1 N–H and O–H groups in total. The van der Waals surface area contributed by atoms with Crippen LogP contribution in [0.5, 0.6) is 0 Å². The van der Waals surface area contributed by atoms with Crippen molar-refractivity contribution in [2.45, 2.75) is 12.4 Å². The maximum atomic E-state index is 13.3. The van der Waals surface area contributed by atoms with E-state index in [4.69, 9.17) is 0 Å². The Morgan fingerprint density at radius 1 is 0.808 bits per heavy atom. The number of anilines is 2. The lowest BCUT2D eigenvalue weighted by Gasteiger charge is -2.15. The van der Waals surface area contributed by atoms with Crippen LogP contribution in [-0.4, -0.2) is 4.98 Å². The largest absolute Gasteiger partial charge is 0.433 e. The number of halogens is 7. The number of benzene rings is 2. The first-order valence-electron chi connectivity index (χ1n) is 7.16. The molecular weight excluding hydrogens is 365 g/mol. The van der Waals surface area contributed by atoms with Crippen molar-refractivity contribution in [1.82, 2.24) is 4.98 Å². The molecule has 3 rings (SSSR count). The smallest absolute Gasteiger partial charge is 0.355 e. The van der Waals surface area contributed by atoms with Crippen LogP contribution in [0.15, 0.2) is 48.5 Å². The van der Waals surface area contributed by atoms with Gasteiger partial charge in [0.1, 0.15) is 11.5 Å². The van der Waals surface area contributed by atoms with E-state index in [0.717, 1.165) is 24.3 Å². The van der Waals surface area contributed by atoms with Gasteiger partial charge in [-0.05, 0) is 36.4 Å². The molecule has 0 aliphatic rings. The lowest BCUT2D eigenvalue weighted by atomic mass is 10.1. The molecule has 0 radical (unpaired) electrons. The average molecular weight is 374 g/mol. The van der Waals surface area contributed by atoms with E-state index in [1.807, 2.05) is 0 Å². The van der Waals surface area contributed by atoms with Gasteiger partial charge in [-0.3, -0.25) is 0 Å². The quantitative estimate of drug-likeness (QED) is 0.544. The summed E-state index contributed by atoms with van der Waals surface area (Å²) in [4.78, 5) is 3.30. The summed E-state index contributed by atoms with van der Waals surface area (Å²) in [5.41, 5.74) is -2.95. The molecule has 0 spiro atoms. The Bertz CT molecular complexity index is 956. The predicted molar refractivity (Wildman–Crippen MR) is 81.4 cm³/mol. The van der Waals surface area contributed by atoms with Gasteiger partial charge in [0.2, 0.25) is 0 Å². The Kier molecular flexibility index (Phi) is 4.25. The van der Waals surface area contributed by atoms with Gasteiger partial charge in [0.25, 0.3) is 0 Å². The second kappa shape index (κ2) is 6.15. The Morgan fingerprint density at radius 3 is 2.15 bits per heavy atom. The number of nitrogens with zero attached hydrogens (tertiary/aromatic N) is 1. The van der Waals surface area contributed by atoms with Crippen LogP contribution < -0.4 is 5.32 Å². The summed E-state index contributed by atoms with van der Waals surface area (Å²) in [5, 5.41) is 2.63. The molecule has 26 heavy (non-hydrogen) atoms. The van der Waals surface area contributed by atoms with E-state index in [2.05, 4.69) is 10.3 Å². The first kappa shape index (κ1) is 18.0. The highest BCUT2D eigenvalue weighted by Crippen LogP contribution is 2.37. The Hall–Kier alpha value is -2.84. The van der Waals surface area contributed by atoms with Gasteiger partial charge in [0.05, 0.1) is 16.8 Å². The van der Waals surface area contributed by atoms with E-state index >= 15 is 0 Å². The zero-order valence-electron chi connectivity index (χ0n) is 12.7. The van der Waals surface area contributed by atoms with E-state index in [0.29, 0.717) is 12.1 Å². The van der Waals surface area contributed by atoms with Gasteiger partial charge in [0.15, 0.2) is 0 Å². The number of hydrogen-bond donors (Lipinski definition) is 1. The number of alkyl halides is 6. The lowest BCUT2D eigenvalue weighted by Crippen LogP contribution is -2.10. The maximum absolute atomic E-state index is 13.3. The van der Waals surface area contributed by atoms with Crippen LogP contribution in [0.25, 0.3) is 10.9 Å². The molecule has 1 aromatic heterocycles. The summed E-state index contributed by atoms with van der Waals surface area (Å²) in [6, 6.07) is 7.92. The van der Waals surface area contributed by atoms with Gasteiger partial charge >= 0.3 is 12.4 Å². The van der Waals surface area contributed by atoms with Crippen molar-refractivity contribution < 1.29 is 30.7 Å². The van der Waals surface area contributed by atoms with Crippen LogP contribution in [0.3, 0.4) is 0 Å². The minimum absolute atomic E-state index is 0.0373. The molecule has 0 amide bonds. The van der Waals surface area contributed by atoms with Gasteiger partial charge in [0, 0.05) is 11.1 Å². The van der Waals surface area contributed by atoms with Gasteiger partial charge in [-0.25, -0.2) is 9.37 Å². The summed E-state index contributed by atoms with van der Waals surface area (Å²) in [5.74, 6) is -0.622. The fourth-order valence-corrected chi connectivity index (χ4v) is 2.38. The summed E-state index contributed by atoms with van der Waals surface area (Å²) in [6.07, 6.45) is -9.58. The number of aromatic nitrogens is 1. The number of fused-ring (bicyclic) bond motifs is 1. The second-order valence-electron chi connectivity index (χ2n) is 5.42. The first-order valence-corrected chi connectivity index (χ1v) is 7.16. The van der Waals surface area contributed by atoms with E-state index < -0.39 is 34.9 Å². The van der Waals surface area contributed by atoms with E-state index in [9.17, 15) is 30.7 Å². The predicted octanol–water partition coefficient (Wildman–Crippen LogP) is 6.16. The fraction of sp³-hybridized carbons (Fsp3) is 0.118. The van der Waals surface area contributed by atoms with Crippen LogP contribution in [0, 0.1) is 5.82 Å². The summed E-state index contributed by atoms with van der Waals surface area (Å²) >= 11 is 0. The third kappa shape index (κ3) is 3.71. The van der Waals surface area contributed by atoms with Gasteiger partial charge in [-0.1, -0.05) is 12.1 Å². The van der Waals surface area contributed by atoms with Crippen LogP contribution in [0.2, 0.25) is 0 Å². The molecule has 2 aromatic carbocycles. The summed E-state index contributed by atoms with van der Waals surface area (Å²) < 4.78 is 91.0. The lowest BCUT2D eigenvalue weighted by molar-refractivity contribution is -0.140.